The highest BCUT2D eigenvalue weighted by Gasteiger charge is 2.27. The third kappa shape index (κ3) is 1.13. The van der Waals surface area contributed by atoms with Crippen molar-refractivity contribution in [1.82, 2.24) is 0 Å². The molecule has 2 heteroatoms. The molecule has 3 rings (SSSR count). The van der Waals surface area contributed by atoms with Crippen LogP contribution in [0.3, 0.4) is 0 Å². The minimum Gasteiger partial charge on any atom is -0.247 e. The molecular weight excluding hydrogens is 195 g/mol. The highest BCUT2D eigenvalue weighted by molar-refractivity contribution is 7.80. The number of aryl methyl sites for hydroxylation is 1. The highest BCUT2D eigenvalue weighted by atomic mass is 32.1. The average Bonchev–Trinajstić information content (AvgIpc) is 2.71. The van der Waals surface area contributed by atoms with E-state index < -0.39 is 6.17 Å². The van der Waals surface area contributed by atoms with Gasteiger partial charge in [0.1, 0.15) is 6.17 Å². The van der Waals surface area contributed by atoms with Crippen LogP contribution in [0.25, 0.3) is 0 Å². The van der Waals surface area contributed by atoms with E-state index in [-0.39, 0.29) is 0 Å². The molecule has 0 bridgehead atoms. The topological polar surface area (TPSA) is 0 Å². The van der Waals surface area contributed by atoms with Crippen LogP contribution in [-0.2, 0) is 25.7 Å². The molecule has 0 aliphatic heterocycles. The molecule has 1 aromatic rings. The summed E-state index contributed by atoms with van der Waals surface area (Å²) in [5.41, 5.74) is 5.20. The number of hydrogen-bond acceptors (Lipinski definition) is 1. The summed E-state index contributed by atoms with van der Waals surface area (Å²) in [6, 6.07) is 2.22. The van der Waals surface area contributed by atoms with Gasteiger partial charge in [0.25, 0.3) is 0 Å². The molecule has 1 atom stereocenters. The van der Waals surface area contributed by atoms with Gasteiger partial charge in [0, 0.05) is 17.7 Å². The summed E-state index contributed by atoms with van der Waals surface area (Å²) in [6.45, 7) is 0. The molecule has 2 aliphatic rings. The summed E-state index contributed by atoms with van der Waals surface area (Å²) in [7, 11) is 0. The molecule has 2 aliphatic carbocycles. The first kappa shape index (κ1) is 8.78. The molecule has 0 saturated carbocycles. The van der Waals surface area contributed by atoms with Gasteiger partial charge >= 0.3 is 0 Å². The number of halogens is 1. The van der Waals surface area contributed by atoms with Crippen molar-refractivity contribution in [2.24, 2.45) is 0 Å². The number of hydrogen-bond donors (Lipinski definition) is 1. The number of thiol groups is 1. The molecule has 0 radical (unpaired) electrons. The monoisotopic (exact) mass is 208 g/mol. The molecule has 0 fully saturated rings. The third-order valence-corrected chi connectivity index (χ3v) is 3.98. The fraction of sp³-hybridized carbons (Fsp3) is 0.500. The second kappa shape index (κ2) is 2.99. The molecule has 74 valence electrons. The lowest BCUT2D eigenvalue weighted by atomic mass is 10.0. The minimum atomic E-state index is -0.668. The van der Waals surface area contributed by atoms with E-state index in [1.54, 1.807) is 0 Å². The van der Waals surface area contributed by atoms with Crippen molar-refractivity contribution in [3.05, 3.63) is 28.3 Å². The van der Waals surface area contributed by atoms with Crippen molar-refractivity contribution in [3.8, 4) is 0 Å². The Morgan fingerprint density at radius 3 is 2.86 bits per heavy atom. The summed E-state index contributed by atoms with van der Waals surface area (Å²) >= 11 is 4.56. The van der Waals surface area contributed by atoms with Gasteiger partial charge in [-0.2, -0.15) is 0 Å². The SMILES string of the molecule is F[C@@H]1Cc2cc3c(c(S)c2C1)CCC3. The lowest BCUT2D eigenvalue weighted by Gasteiger charge is -2.09. The molecule has 0 unspecified atom stereocenters. The van der Waals surface area contributed by atoms with Crippen molar-refractivity contribution in [2.45, 2.75) is 43.2 Å². The highest BCUT2D eigenvalue weighted by Crippen LogP contribution is 2.37. The summed E-state index contributed by atoms with van der Waals surface area (Å²) < 4.78 is 13.2. The summed E-state index contributed by atoms with van der Waals surface area (Å²) in [4.78, 5) is 1.09. The zero-order valence-electron chi connectivity index (χ0n) is 8.02. The van der Waals surface area contributed by atoms with Gasteiger partial charge in [-0.05, 0) is 41.5 Å². The van der Waals surface area contributed by atoms with Crippen LogP contribution in [-0.4, -0.2) is 6.17 Å². The predicted octanol–water partition coefficient (Wildman–Crippen LogP) is 2.90. The normalized spacial score (nSPS) is 23.7. The number of fused-ring (bicyclic) bond motifs is 2. The first-order valence-electron chi connectivity index (χ1n) is 5.25. The molecule has 0 N–H and O–H groups in total. The van der Waals surface area contributed by atoms with Gasteiger partial charge in [-0.3, -0.25) is 0 Å². The molecule has 0 amide bonds. The first-order chi connectivity index (χ1) is 6.75. The van der Waals surface area contributed by atoms with Crippen LogP contribution in [0.5, 0.6) is 0 Å². The standard InChI is InChI=1S/C12H13FS/c13-9-5-8-4-7-2-1-3-10(7)12(14)11(8)6-9/h4,9,14H,1-3,5-6H2/t9-/m1/s1. The maximum Gasteiger partial charge on any atom is 0.108 e. The van der Waals surface area contributed by atoms with Gasteiger partial charge < -0.3 is 0 Å². The van der Waals surface area contributed by atoms with Crippen molar-refractivity contribution in [1.29, 1.82) is 0 Å². The molecule has 0 nitrogen and oxygen atoms in total. The second-order valence-corrected chi connectivity index (χ2v) is 4.81. The number of rotatable bonds is 0. The lowest BCUT2D eigenvalue weighted by Crippen LogP contribution is -1.96. The average molecular weight is 208 g/mol. The first-order valence-corrected chi connectivity index (χ1v) is 5.70. The molecular formula is C12H13FS. The van der Waals surface area contributed by atoms with Crippen molar-refractivity contribution in [2.75, 3.05) is 0 Å². The van der Waals surface area contributed by atoms with Gasteiger partial charge in [-0.1, -0.05) is 6.07 Å². The van der Waals surface area contributed by atoms with E-state index in [1.807, 2.05) is 0 Å². The Labute approximate surface area is 88.9 Å². The maximum atomic E-state index is 13.2. The van der Waals surface area contributed by atoms with Crippen LogP contribution in [0.2, 0.25) is 0 Å². The van der Waals surface area contributed by atoms with Gasteiger partial charge in [-0.15, -0.1) is 12.6 Å². The zero-order chi connectivity index (χ0) is 9.71. The molecule has 0 aromatic heterocycles. The van der Waals surface area contributed by atoms with Crippen LogP contribution in [0.1, 0.15) is 28.7 Å². The van der Waals surface area contributed by atoms with E-state index in [2.05, 4.69) is 18.7 Å². The molecule has 0 spiro atoms. The number of alkyl halides is 1. The smallest absolute Gasteiger partial charge is 0.108 e. The van der Waals surface area contributed by atoms with E-state index in [1.165, 1.54) is 28.7 Å². The minimum absolute atomic E-state index is 0.585. The van der Waals surface area contributed by atoms with Gasteiger partial charge in [-0.25, -0.2) is 4.39 Å². The molecule has 1 aromatic carbocycles. The van der Waals surface area contributed by atoms with E-state index in [4.69, 9.17) is 0 Å². The second-order valence-electron chi connectivity index (χ2n) is 4.36. The maximum absolute atomic E-state index is 13.2. The van der Waals surface area contributed by atoms with Crippen LogP contribution in [0.15, 0.2) is 11.0 Å². The Hall–Kier alpha value is -0.500. The molecule has 0 heterocycles. The van der Waals surface area contributed by atoms with Crippen LogP contribution in [0, 0.1) is 0 Å². The van der Waals surface area contributed by atoms with E-state index in [0.717, 1.165) is 17.7 Å². The van der Waals surface area contributed by atoms with Gasteiger partial charge in [0.2, 0.25) is 0 Å². The predicted molar refractivity (Wildman–Crippen MR) is 58.0 cm³/mol. The summed E-state index contributed by atoms with van der Waals surface area (Å²) in [5.74, 6) is 0. The van der Waals surface area contributed by atoms with E-state index in [0.29, 0.717) is 12.8 Å². The third-order valence-electron chi connectivity index (χ3n) is 3.44. The Bertz CT molecular complexity index is 398. The summed E-state index contributed by atoms with van der Waals surface area (Å²) in [5, 5.41) is 0. The Balaban J connectivity index is 2.19. The van der Waals surface area contributed by atoms with Gasteiger partial charge in [0.05, 0.1) is 0 Å². The summed E-state index contributed by atoms with van der Waals surface area (Å²) in [6.07, 6.45) is 4.06. The van der Waals surface area contributed by atoms with Crippen molar-refractivity contribution < 1.29 is 4.39 Å². The fourth-order valence-electron chi connectivity index (χ4n) is 2.77. The lowest BCUT2D eigenvalue weighted by molar-refractivity contribution is 0.348. The zero-order valence-corrected chi connectivity index (χ0v) is 8.91. The van der Waals surface area contributed by atoms with E-state index in [9.17, 15) is 4.39 Å². The van der Waals surface area contributed by atoms with Crippen molar-refractivity contribution >= 4 is 12.6 Å². The molecule has 0 saturated heterocycles. The number of benzene rings is 1. The Kier molecular flexibility index (Phi) is 1.88. The quantitative estimate of drug-likeness (QED) is 0.623. The van der Waals surface area contributed by atoms with Crippen LogP contribution in [0.4, 0.5) is 4.39 Å². The van der Waals surface area contributed by atoms with E-state index >= 15 is 0 Å². The fourth-order valence-corrected chi connectivity index (χ4v) is 3.26. The largest absolute Gasteiger partial charge is 0.247 e. The molecule has 14 heavy (non-hydrogen) atoms. The van der Waals surface area contributed by atoms with Crippen LogP contribution < -0.4 is 0 Å². The van der Waals surface area contributed by atoms with Crippen LogP contribution >= 0.6 is 12.6 Å². The Morgan fingerprint density at radius 2 is 2.00 bits per heavy atom. The Morgan fingerprint density at radius 1 is 1.14 bits per heavy atom. The van der Waals surface area contributed by atoms with Gasteiger partial charge in [0.15, 0.2) is 0 Å². The van der Waals surface area contributed by atoms with Crippen molar-refractivity contribution in [3.63, 3.8) is 0 Å².